The van der Waals surface area contributed by atoms with Gasteiger partial charge in [-0.3, -0.25) is 13.9 Å². The lowest BCUT2D eigenvalue weighted by Gasteiger charge is -2.28. The zero-order chi connectivity index (χ0) is 20.9. The van der Waals surface area contributed by atoms with Crippen LogP contribution in [0.2, 0.25) is 0 Å². The maximum absolute atomic E-state index is 13.2. The van der Waals surface area contributed by atoms with Crippen LogP contribution in [0, 0.1) is 11.8 Å². The van der Waals surface area contributed by atoms with Crippen LogP contribution in [0.1, 0.15) is 12.5 Å². The Morgan fingerprint density at radius 2 is 1.93 bits per heavy atom. The van der Waals surface area contributed by atoms with Crippen molar-refractivity contribution >= 4 is 23.1 Å². The minimum absolute atomic E-state index is 0.117. The van der Waals surface area contributed by atoms with E-state index in [0.717, 1.165) is 38.5 Å². The molecule has 156 valence electrons. The molecular weight excluding hydrogens is 378 g/mol. The summed E-state index contributed by atoms with van der Waals surface area (Å²) in [6.45, 7) is 6.36. The fraction of sp³-hybridized carbons (Fsp3) is 0.409. The molecule has 3 heterocycles. The van der Waals surface area contributed by atoms with E-state index >= 15 is 0 Å². The minimum Gasteiger partial charge on any atom is -0.355 e. The molecule has 8 heteroatoms. The topological polar surface area (TPSA) is 80.0 Å². The van der Waals surface area contributed by atoms with Crippen LogP contribution >= 0.6 is 0 Å². The van der Waals surface area contributed by atoms with Gasteiger partial charge in [-0.1, -0.05) is 36.3 Å². The number of imidazole rings is 1. The quantitative estimate of drug-likeness (QED) is 0.601. The molecule has 0 saturated carbocycles. The molecule has 0 atom stereocenters. The van der Waals surface area contributed by atoms with Crippen LogP contribution in [0.25, 0.3) is 11.2 Å². The van der Waals surface area contributed by atoms with Crippen molar-refractivity contribution in [1.29, 1.82) is 0 Å². The van der Waals surface area contributed by atoms with E-state index < -0.39 is 0 Å². The fourth-order valence-electron chi connectivity index (χ4n) is 3.68. The van der Waals surface area contributed by atoms with Gasteiger partial charge in [0.15, 0.2) is 11.2 Å². The van der Waals surface area contributed by atoms with Crippen molar-refractivity contribution in [2.45, 2.75) is 19.9 Å². The summed E-state index contributed by atoms with van der Waals surface area (Å²) in [5.41, 5.74) is 2.09. The van der Waals surface area contributed by atoms with Crippen LogP contribution < -0.4 is 21.1 Å². The summed E-state index contributed by atoms with van der Waals surface area (Å²) in [6.07, 6.45) is 0.849. The molecule has 0 aliphatic carbocycles. The molecule has 1 saturated heterocycles. The first kappa shape index (κ1) is 20.0. The van der Waals surface area contributed by atoms with Crippen molar-refractivity contribution < 1.29 is 0 Å². The molecule has 1 fully saturated rings. The SMILES string of the molecule is CC#CCn1c(N2CCNCC2)nc2nc(NCCc3ccccc3)n(C)c(=O)c21. The van der Waals surface area contributed by atoms with Crippen molar-refractivity contribution in [3.05, 3.63) is 46.2 Å². The summed E-state index contributed by atoms with van der Waals surface area (Å²) in [5.74, 6) is 7.29. The minimum atomic E-state index is -0.117. The smallest absolute Gasteiger partial charge is 0.281 e. The number of hydrogen-bond acceptors (Lipinski definition) is 6. The van der Waals surface area contributed by atoms with Crippen molar-refractivity contribution in [2.75, 3.05) is 42.9 Å². The second-order valence-corrected chi connectivity index (χ2v) is 7.30. The lowest BCUT2D eigenvalue weighted by Crippen LogP contribution is -2.44. The number of rotatable bonds is 6. The molecule has 1 aliphatic heterocycles. The van der Waals surface area contributed by atoms with Gasteiger partial charge < -0.3 is 15.5 Å². The predicted molar refractivity (Wildman–Crippen MR) is 120 cm³/mol. The number of anilines is 2. The van der Waals surface area contributed by atoms with Gasteiger partial charge in [0.25, 0.3) is 5.56 Å². The maximum atomic E-state index is 13.2. The Balaban J connectivity index is 1.67. The van der Waals surface area contributed by atoms with E-state index in [1.807, 2.05) is 22.8 Å². The van der Waals surface area contributed by atoms with E-state index in [1.54, 1.807) is 18.5 Å². The van der Waals surface area contributed by atoms with Gasteiger partial charge in [0.05, 0.1) is 6.54 Å². The summed E-state index contributed by atoms with van der Waals surface area (Å²) >= 11 is 0. The monoisotopic (exact) mass is 405 g/mol. The predicted octanol–water partition coefficient (Wildman–Crippen LogP) is 1.22. The zero-order valence-electron chi connectivity index (χ0n) is 17.5. The number of nitrogens with zero attached hydrogens (tertiary/aromatic N) is 5. The Labute approximate surface area is 175 Å². The molecular formula is C22H27N7O. The molecule has 3 aromatic rings. The standard InChI is InChI=1S/C22H27N7O/c1-3-4-14-29-18-19(26-22(29)28-15-12-23-13-16-28)25-21(27(2)20(18)30)24-11-10-17-8-6-5-7-9-17/h5-9,23H,10-16H2,1-2H3,(H,24,25). The molecule has 4 rings (SSSR count). The Kier molecular flexibility index (Phi) is 6.00. The second-order valence-electron chi connectivity index (χ2n) is 7.30. The van der Waals surface area contributed by atoms with Crippen molar-refractivity contribution in [1.82, 2.24) is 24.4 Å². The lowest BCUT2D eigenvalue weighted by molar-refractivity contribution is 0.573. The van der Waals surface area contributed by atoms with Crippen molar-refractivity contribution in [2.24, 2.45) is 7.05 Å². The molecule has 1 aromatic carbocycles. The zero-order valence-corrected chi connectivity index (χ0v) is 17.5. The van der Waals surface area contributed by atoms with Crippen LogP contribution in [0.3, 0.4) is 0 Å². The van der Waals surface area contributed by atoms with Gasteiger partial charge in [-0.05, 0) is 18.9 Å². The number of benzene rings is 1. The first-order chi connectivity index (χ1) is 14.7. The van der Waals surface area contributed by atoms with Crippen molar-refractivity contribution in [3.8, 4) is 11.8 Å². The molecule has 0 unspecified atom stereocenters. The average Bonchev–Trinajstić information content (AvgIpc) is 3.15. The van der Waals surface area contributed by atoms with Crippen molar-refractivity contribution in [3.63, 3.8) is 0 Å². The highest BCUT2D eigenvalue weighted by Gasteiger charge is 2.22. The van der Waals surface area contributed by atoms with Crippen LogP contribution in [-0.2, 0) is 20.0 Å². The lowest BCUT2D eigenvalue weighted by atomic mass is 10.1. The molecule has 2 aromatic heterocycles. The second kappa shape index (κ2) is 9.01. The van der Waals surface area contributed by atoms with E-state index in [-0.39, 0.29) is 5.56 Å². The van der Waals surface area contributed by atoms with Gasteiger partial charge in [-0.15, -0.1) is 5.92 Å². The summed E-state index contributed by atoms with van der Waals surface area (Å²) < 4.78 is 3.46. The van der Waals surface area contributed by atoms with Gasteiger partial charge in [0.1, 0.15) is 0 Å². The molecule has 30 heavy (non-hydrogen) atoms. The van der Waals surface area contributed by atoms with E-state index in [1.165, 1.54) is 5.56 Å². The molecule has 1 aliphatic rings. The molecule has 0 radical (unpaired) electrons. The van der Waals surface area contributed by atoms with E-state index in [2.05, 4.69) is 44.5 Å². The summed E-state index contributed by atoms with van der Waals surface area (Å²) in [4.78, 5) is 24.8. The van der Waals surface area contributed by atoms with E-state index in [9.17, 15) is 4.79 Å². The first-order valence-electron chi connectivity index (χ1n) is 10.3. The number of piperazine rings is 1. The van der Waals surface area contributed by atoms with Gasteiger partial charge in [-0.2, -0.15) is 9.97 Å². The molecule has 2 N–H and O–H groups in total. The Morgan fingerprint density at radius 3 is 2.67 bits per heavy atom. The van der Waals surface area contributed by atoms with Crippen LogP contribution in [-0.4, -0.2) is 51.8 Å². The highest BCUT2D eigenvalue weighted by Crippen LogP contribution is 2.21. The van der Waals surface area contributed by atoms with E-state index in [0.29, 0.717) is 30.2 Å². The Morgan fingerprint density at radius 1 is 1.17 bits per heavy atom. The Bertz CT molecular complexity index is 1130. The fourth-order valence-corrected chi connectivity index (χ4v) is 3.68. The van der Waals surface area contributed by atoms with Crippen LogP contribution in [0.4, 0.5) is 11.9 Å². The van der Waals surface area contributed by atoms with Crippen LogP contribution in [0.5, 0.6) is 0 Å². The third-order valence-corrected chi connectivity index (χ3v) is 5.32. The summed E-state index contributed by atoms with van der Waals surface area (Å²) in [5, 5.41) is 6.65. The highest BCUT2D eigenvalue weighted by molar-refractivity contribution is 5.75. The Hall–Kier alpha value is -3.31. The third kappa shape index (κ3) is 4.02. The highest BCUT2D eigenvalue weighted by atomic mass is 16.1. The molecule has 0 spiro atoms. The maximum Gasteiger partial charge on any atom is 0.281 e. The number of aromatic nitrogens is 4. The largest absolute Gasteiger partial charge is 0.355 e. The third-order valence-electron chi connectivity index (χ3n) is 5.32. The normalized spacial score (nSPS) is 13.9. The summed E-state index contributed by atoms with van der Waals surface area (Å²) in [7, 11) is 1.74. The first-order valence-corrected chi connectivity index (χ1v) is 10.3. The van der Waals surface area contributed by atoms with E-state index in [4.69, 9.17) is 4.98 Å². The molecule has 8 nitrogen and oxygen atoms in total. The number of hydrogen-bond donors (Lipinski definition) is 2. The number of nitrogens with one attached hydrogen (secondary N) is 2. The van der Waals surface area contributed by atoms with Gasteiger partial charge in [0.2, 0.25) is 11.9 Å². The number of fused-ring (bicyclic) bond motifs is 1. The van der Waals surface area contributed by atoms with Gasteiger partial charge in [0, 0.05) is 39.8 Å². The molecule has 0 bridgehead atoms. The average molecular weight is 406 g/mol. The molecule has 0 amide bonds. The van der Waals surface area contributed by atoms with Gasteiger partial charge in [-0.25, -0.2) is 0 Å². The van der Waals surface area contributed by atoms with Gasteiger partial charge >= 0.3 is 0 Å². The summed E-state index contributed by atoms with van der Waals surface area (Å²) in [6, 6.07) is 10.2. The van der Waals surface area contributed by atoms with Crippen LogP contribution in [0.15, 0.2) is 35.1 Å².